The van der Waals surface area contributed by atoms with E-state index in [-0.39, 0.29) is 10.8 Å². The Morgan fingerprint density at radius 3 is 1.19 bits per heavy atom. The van der Waals surface area contributed by atoms with Gasteiger partial charge in [-0.15, -0.1) is 0 Å². The first kappa shape index (κ1) is 44.6. The van der Waals surface area contributed by atoms with Gasteiger partial charge in [0.05, 0.1) is 0 Å². The standard InChI is InChI=1S/C74H55N/c1-73(2)69-21-13-12-20-64(69)65-41-34-56(45-70(65)73)53-32-38-59(39-33-53)75(58-36-30-51(31-37-58)50-24-22-49(23-25-50)48-14-6-5-7-15-48)60-40-43-67-66-42-35-55(46-71(66)74(3,4)72(67)47-60)52-26-28-54(29-27-52)68-44-57-16-8-9-17-61(57)62-18-10-11-19-63(62)68/h5-47H,1-4H3. The average molecular weight is 958 g/mol. The monoisotopic (exact) mass is 957 g/mol. The summed E-state index contributed by atoms with van der Waals surface area (Å²) in [5.74, 6) is 0. The van der Waals surface area contributed by atoms with Crippen molar-refractivity contribution in [2.75, 3.05) is 4.90 Å². The van der Waals surface area contributed by atoms with Crippen LogP contribution in [0, 0.1) is 0 Å². The molecule has 0 amide bonds. The Labute approximate surface area is 440 Å². The molecule has 2 aliphatic rings. The summed E-state index contributed by atoms with van der Waals surface area (Å²) in [7, 11) is 0. The summed E-state index contributed by atoms with van der Waals surface area (Å²) < 4.78 is 0. The topological polar surface area (TPSA) is 3.24 Å². The van der Waals surface area contributed by atoms with Crippen molar-refractivity contribution in [1.82, 2.24) is 0 Å². The Bertz CT molecular complexity index is 4180. The van der Waals surface area contributed by atoms with Crippen molar-refractivity contribution < 1.29 is 0 Å². The summed E-state index contributed by atoms with van der Waals surface area (Å²) in [5.41, 5.74) is 26.1. The molecule has 0 heterocycles. The van der Waals surface area contributed by atoms with Crippen LogP contribution in [0.2, 0.25) is 0 Å². The number of nitrogens with zero attached hydrogens (tertiary/aromatic N) is 1. The first-order chi connectivity index (χ1) is 36.7. The van der Waals surface area contributed by atoms with Gasteiger partial charge in [-0.1, -0.05) is 234 Å². The Morgan fingerprint density at radius 1 is 0.227 bits per heavy atom. The van der Waals surface area contributed by atoms with Gasteiger partial charge in [0.25, 0.3) is 0 Å². The van der Waals surface area contributed by atoms with Crippen molar-refractivity contribution >= 4 is 38.6 Å². The van der Waals surface area contributed by atoms with Crippen LogP contribution in [0.25, 0.3) is 99.4 Å². The summed E-state index contributed by atoms with van der Waals surface area (Å²) in [6.45, 7) is 9.50. The summed E-state index contributed by atoms with van der Waals surface area (Å²) in [6, 6.07) is 97.0. The summed E-state index contributed by atoms with van der Waals surface area (Å²) >= 11 is 0. The van der Waals surface area contributed by atoms with Crippen molar-refractivity contribution in [3.05, 3.63) is 283 Å². The van der Waals surface area contributed by atoms with Crippen LogP contribution >= 0.6 is 0 Å². The minimum absolute atomic E-state index is 0.0576. The Morgan fingerprint density at radius 2 is 0.600 bits per heavy atom. The first-order valence-corrected chi connectivity index (χ1v) is 26.4. The minimum atomic E-state index is -0.229. The fourth-order valence-electron chi connectivity index (χ4n) is 12.6. The molecule has 1 nitrogen and oxygen atoms in total. The Hall–Kier alpha value is -9.04. The second-order valence-corrected chi connectivity index (χ2v) is 21.7. The fourth-order valence-corrected chi connectivity index (χ4v) is 12.6. The zero-order valence-electron chi connectivity index (χ0n) is 42.8. The fraction of sp³-hybridized carbons (Fsp3) is 0.0811. The van der Waals surface area contributed by atoms with E-state index in [9.17, 15) is 0 Å². The molecule has 0 radical (unpaired) electrons. The minimum Gasteiger partial charge on any atom is -0.310 e. The molecule has 12 aromatic carbocycles. The van der Waals surface area contributed by atoms with Gasteiger partial charge in [-0.25, -0.2) is 0 Å². The van der Waals surface area contributed by atoms with Crippen molar-refractivity contribution in [3.8, 4) is 77.9 Å². The lowest BCUT2D eigenvalue weighted by Gasteiger charge is -2.28. The molecule has 0 N–H and O–H groups in total. The number of fused-ring (bicyclic) bond motifs is 9. The van der Waals surface area contributed by atoms with Crippen molar-refractivity contribution in [1.29, 1.82) is 0 Å². The van der Waals surface area contributed by atoms with Gasteiger partial charge in [0.2, 0.25) is 0 Å². The zero-order chi connectivity index (χ0) is 50.4. The summed E-state index contributed by atoms with van der Waals surface area (Å²) in [6.07, 6.45) is 0. The van der Waals surface area contributed by atoms with E-state index in [0.717, 1.165) is 17.1 Å². The molecule has 0 bridgehead atoms. The molecule has 0 saturated heterocycles. The number of hydrogen-bond acceptors (Lipinski definition) is 1. The van der Waals surface area contributed by atoms with Crippen LogP contribution in [0.4, 0.5) is 17.1 Å². The van der Waals surface area contributed by atoms with Crippen molar-refractivity contribution in [3.63, 3.8) is 0 Å². The van der Waals surface area contributed by atoms with Crippen LogP contribution in [0.1, 0.15) is 49.9 Å². The quantitative estimate of drug-likeness (QED) is 0.137. The highest BCUT2D eigenvalue weighted by Gasteiger charge is 2.37. The van der Waals surface area contributed by atoms with E-state index in [4.69, 9.17) is 0 Å². The third-order valence-corrected chi connectivity index (χ3v) is 16.7. The molecule has 0 aromatic heterocycles. The number of anilines is 3. The van der Waals surface area contributed by atoms with Gasteiger partial charge < -0.3 is 4.90 Å². The van der Waals surface area contributed by atoms with Gasteiger partial charge in [0.15, 0.2) is 0 Å². The lowest BCUT2D eigenvalue weighted by molar-refractivity contribution is 0.660. The van der Waals surface area contributed by atoms with Crippen LogP contribution in [0.3, 0.4) is 0 Å². The molecular weight excluding hydrogens is 903 g/mol. The molecule has 0 spiro atoms. The van der Waals surface area contributed by atoms with E-state index in [2.05, 4.69) is 293 Å². The molecule has 356 valence electrons. The van der Waals surface area contributed by atoms with E-state index < -0.39 is 0 Å². The van der Waals surface area contributed by atoms with Crippen LogP contribution in [0.15, 0.2) is 261 Å². The van der Waals surface area contributed by atoms with Crippen LogP contribution in [-0.2, 0) is 10.8 Å². The second kappa shape index (κ2) is 17.3. The predicted octanol–water partition coefficient (Wildman–Crippen LogP) is 20.4. The Kier molecular flexibility index (Phi) is 10.3. The maximum absolute atomic E-state index is 2.45. The third-order valence-electron chi connectivity index (χ3n) is 16.7. The number of benzene rings is 12. The van der Waals surface area contributed by atoms with E-state index in [1.54, 1.807) is 0 Å². The van der Waals surface area contributed by atoms with E-state index in [1.807, 2.05) is 0 Å². The van der Waals surface area contributed by atoms with Gasteiger partial charge >= 0.3 is 0 Å². The lowest BCUT2D eigenvalue weighted by Crippen LogP contribution is -2.16. The van der Waals surface area contributed by atoms with Gasteiger partial charge in [-0.3, -0.25) is 0 Å². The predicted molar refractivity (Wildman–Crippen MR) is 318 cm³/mol. The van der Waals surface area contributed by atoms with Gasteiger partial charge in [0, 0.05) is 27.9 Å². The third kappa shape index (κ3) is 7.37. The smallest absolute Gasteiger partial charge is 0.0465 e. The van der Waals surface area contributed by atoms with Crippen molar-refractivity contribution in [2.45, 2.75) is 38.5 Å². The molecule has 2 aliphatic carbocycles. The highest BCUT2D eigenvalue weighted by molar-refractivity contribution is 6.13. The molecule has 1 heteroatoms. The van der Waals surface area contributed by atoms with E-state index in [1.165, 1.54) is 122 Å². The highest BCUT2D eigenvalue weighted by atomic mass is 15.1. The summed E-state index contributed by atoms with van der Waals surface area (Å²) in [4.78, 5) is 2.43. The first-order valence-electron chi connectivity index (χ1n) is 26.4. The molecule has 0 fully saturated rings. The van der Waals surface area contributed by atoms with Crippen molar-refractivity contribution in [2.24, 2.45) is 0 Å². The highest BCUT2D eigenvalue weighted by Crippen LogP contribution is 2.53. The summed E-state index contributed by atoms with van der Waals surface area (Å²) in [5, 5.41) is 5.13. The van der Waals surface area contributed by atoms with Crippen LogP contribution < -0.4 is 4.90 Å². The molecule has 12 aromatic rings. The van der Waals surface area contributed by atoms with Gasteiger partial charge in [-0.05, 0) is 176 Å². The molecule has 14 rings (SSSR count). The molecule has 0 unspecified atom stereocenters. The molecule has 0 atom stereocenters. The second-order valence-electron chi connectivity index (χ2n) is 21.7. The Balaban J connectivity index is 0.804. The maximum Gasteiger partial charge on any atom is 0.0465 e. The average Bonchev–Trinajstić information content (AvgIpc) is 3.92. The zero-order valence-corrected chi connectivity index (χ0v) is 42.8. The normalized spacial score (nSPS) is 13.5. The molecule has 75 heavy (non-hydrogen) atoms. The van der Waals surface area contributed by atoms with E-state index in [0.29, 0.717) is 0 Å². The number of rotatable bonds is 8. The SMILES string of the molecule is CC1(C)c2ccccc2-c2ccc(-c3ccc(N(c4ccc(-c5ccc(-c6ccccc6)cc5)cc4)c4ccc5c(c4)C(C)(C)c4cc(-c6ccc(-c7cc8ccccc8c8ccccc78)cc6)ccc4-5)cc3)cc21. The largest absolute Gasteiger partial charge is 0.310 e. The van der Waals surface area contributed by atoms with Gasteiger partial charge in [0.1, 0.15) is 0 Å². The molecular formula is C74H55N. The lowest BCUT2D eigenvalue weighted by atomic mass is 9.81. The maximum atomic E-state index is 2.45. The molecule has 0 aliphatic heterocycles. The number of hydrogen-bond donors (Lipinski definition) is 0. The van der Waals surface area contributed by atoms with Gasteiger partial charge in [-0.2, -0.15) is 0 Å². The van der Waals surface area contributed by atoms with Crippen LogP contribution in [0.5, 0.6) is 0 Å². The molecule has 0 saturated carbocycles. The van der Waals surface area contributed by atoms with E-state index >= 15 is 0 Å². The van der Waals surface area contributed by atoms with Crippen LogP contribution in [-0.4, -0.2) is 0 Å².